The van der Waals surface area contributed by atoms with Crippen molar-refractivity contribution in [1.82, 2.24) is 4.98 Å². The molecule has 3 aromatic rings. The van der Waals surface area contributed by atoms with Crippen molar-refractivity contribution in [1.29, 1.82) is 0 Å². The summed E-state index contributed by atoms with van der Waals surface area (Å²) >= 11 is 1.07. The van der Waals surface area contributed by atoms with Crippen molar-refractivity contribution < 1.29 is 33.3 Å². The molecular weight excluding hydrogens is 474 g/mol. The van der Waals surface area contributed by atoms with Gasteiger partial charge in [-0.1, -0.05) is 23.9 Å². The zero-order valence-electron chi connectivity index (χ0n) is 18.6. The zero-order chi connectivity index (χ0) is 24.6. The average molecular weight is 496 g/mol. The normalized spacial score (nSPS) is 11.5. The summed E-state index contributed by atoms with van der Waals surface area (Å²) in [6, 6.07) is 15.1. The highest BCUT2D eigenvalue weighted by Crippen LogP contribution is 2.34. The number of carbonyl (C=O) groups excluding carboxylic acids is 3. The van der Waals surface area contributed by atoms with Crippen LogP contribution in [0.2, 0.25) is 0 Å². The van der Waals surface area contributed by atoms with E-state index < -0.39 is 18.5 Å². The second-order valence-electron chi connectivity index (χ2n) is 7.09. The zero-order valence-corrected chi connectivity index (χ0v) is 19.4. The Morgan fingerprint density at radius 1 is 1.00 bits per heavy atom. The van der Waals surface area contributed by atoms with Gasteiger partial charge in [-0.15, -0.1) is 0 Å². The first-order valence-electron chi connectivity index (χ1n) is 10.4. The first-order chi connectivity index (χ1) is 17.0. The maximum atomic E-state index is 12.6. The number of esters is 1. The van der Waals surface area contributed by atoms with E-state index in [0.29, 0.717) is 33.6 Å². The Morgan fingerprint density at radius 3 is 2.69 bits per heavy atom. The summed E-state index contributed by atoms with van der Waals surface area (Å²) < 4.78 is 20.9. The SMILES string of the molecule is COc1ccccc1NC(=O)COC(=O)c1cccnc1SCC(=O)Nc1ccc2c(c1)OCO2. The smallest absolute Gasteiger partial charge is 0.341 e. The number of rotatable bonds is 9. The van der Waals surface area contributed by atoms with Crippen LogP contribution in [-0.2, 0) is 14.3 Å². The number of fused-ring (bicyclic) bond motifs is 1. The number of benzene rings is 2. The van der Waals surface area contributed by atoms with Gasteiger partial charge in [-0.3, -0.25) is 9.59 Å². The van der Waals surface area contributed by atoms with Crippen molar-refractivity contribution in [3.05, 3.63) is 66.4 Å². The topological polar surface area (TPSA) is 125 Å². The quantitative estimate of drug-likeness (QED) is 0.340. The van der Waals surface area contributed by atoms with E-state index >= 15 is 0 Å². The summed E-state index contributed by atoms with van der Waals surface area (Å²) in [5.41, 5.74) is 1.17. The van der Waals surface area contributed by atoms with Gasteiger partial charge >= 0.3 is 5.97 Å². The number of ether oxygens (including phenoxy) is 4. The van der Waals surface area contributed by atoms with Crippen LogP contribution in [0.3, 0.4) is 0 Å². The number of carbonyl (C=O) groups is 3. The first-order valence-corrected chi connectivity index (χ1v) is 11.4. The van der Waals surface area contributed by atoms with Crippen LogP contribution in [0.25, 0.3) is 0 Å². The van der Waals surface area contributed by atoms with Gasteiger partial charge in [0, 0.05) is 18.0 Å². The molecule has 0 spiro atoms. The molecule has 35 heavy (non-hydrogen) atoms. The van der Waals surface area contributed by atoms with E-state index in [2.05, 4.69) is 15.6 Å². The monoisotopic (exact) mass is 495 g/mol. The summed E-state index contributed by atoms with van der Waals surface area (Å²) in [7, 11) is 1.49. The standard InChI is InChI=1S/C24H21N3O7S/c1-31-18-7-3-2-6-17(18)27-21(28)12-32-24(30)16-5-4-10-25-23(16)35-13-22(29)26-15-8-9-19-20(11-15)34-14-33-19/h2-11H,12-14H2,1H3,(H,26,29)(H,27,28). The van der Waals surface area contributed by atoms with Crippen LogP contribution in [0.15, 0.2) is 65.8 Å². The van der Waals surface area contributed by atoms with Crippen LogP contribution < -0.4 is 24.8 Å². The van der Waals surface area contributed by atoms with Crippen molar-refractivity contribution in [2.24, 2.45) is 0 Å². The Morgan fingerprint density at radius 2 is 1.83 bits per heavy atom. The molecule has 2 aromatic carbocycles. The van der Waals surface area contributed by atoms with Crippen LogP contribution in [0.1, 0.15) is 10.4 Å². The van der Waals surface area contributed by atoms with Gasteiger partial charge in [0.1, 0.15) is 10.8 Å². The van der Waals surface area contributed by atoms with Crippen LogP contribution in [-0.4, -0.2) is 49.0 Å². The molecule has 0 atom stereocenters. The van der Waals surface area contributed by atoms with Gasteiger partial charge in [0.25, 0.3) is 5.91 Å². The van der Waals surface area contributed by atoms with E-state index in [-0.39, 0.29) is 24.0 Å². The summed E-state index contributed by atoms with van der Waals surface area (Å²) in [5, 5.41) is 5.70. The minimum atomic E-state index is -0.730. The highest BCUT2D eigenvalue weighted by atomic mass is 32.2. The molecule has 0 aliphatic carbocycles. The number of nitrogens with one attached hydrogen (secondary N) is 2. The lowest BCUT2D eigenvalue weighted by molar-refractivity contribution is -0.119. The molecule has 10 nitrogen and oxygen atoms in total. The molecule has 180 valence electrons. The van der Waals surface area contributed by atoms with Gasteiger partial charge in [0.15, 0.2) is 18.1 Å². The van der Waals surface area contributed by atoms with E-state index in [1.54, 1.807) is 48.5 Å². The van der Waals surface area contributed by atoms with Crippen LogP contribution in [0, 0.1) is 0 Å². The Balaban J connectivity index is 1.30. The van der Waals surface area contributed by atoms with E-state index in [9.17, 15) is 14.4 Å². The number of methoxy groups -OCH3 is 1. The average Bonchev–Trinajstić information content (AvgIpc) is 3.34. The van der Waals surface area contributed by atoms with Gasteiger partial charge in [0.05, 0.1) is 24.1 Å². The lowest BCUT2D eigenvalue weighted by Crippen LogP contribution is -2.21. The molecule has 0 radical (unpaired) electrons. The van der Waals surface area contributed by atoms with Crippen molar-refractivity contribution in [3.63, 3.8) is 0 Å². The third kappa shape index (κ3) is 6.21. The fourth-order valence-electron chi connectivity index (χ4n) is 3.11. The van der Waals surface area contributed by atoms with Crippen molar-refractivity contribution in [2.45, 2.75) is 5.03 Å². The molecule has 11 heteroatoms. The van der Waals surface area contributed by atoms with Crippen molar-refractivity contribution >= 4 is 40.9 Å². The van der Waals surface area contributed by atoms with Crippen molar-refractivity contribution in [2.75, 3.05) is 36.9 Å². The summed E-state index contributed by atoms with van der Waals surface area (Å²) in [6.45, 7) is -0.357. The van der Waals surface area contributed by atoms with E-state index in [1.807, 2.05) is 0 Å². The number of amides is 2. The molecule has 2 heterocycles. The molecule has 0 saturated heterocycles. The number of thioether (sulfide) groups is 1. The molecule has 4 rings (SSSR count). The molecule has 0 bridgehead atoms. The fraction of sp³-hybridized carbons (Fsp3) is 0.167. The van der Waals surface area contributed by atoms with Gasteiger partial charge < -0.3 is 29.6 Å². The number of aromatic nitrogens is 1. The second kappa shape index (κ2) is 11.3. The lowest BCUT2D eigenvalue weighted by atomic mass is 10.3. The molecule has 0 unspecified atom stereocenters. The third-order valence-corrected chi connectivity index (χ3v) is 5.71. The molecule has 2 N–H and O–H groups in total. The summed E-state index contributed by atoms with van der Waals surface area (Å²) in [6.07, 6.45) is 1.50. The third-order valence-electron chi connectivity index (χ3n) is 4.70. The van der Waals surface area contributed by atoms with Crippen molar-refractivity contribution in [3.8, 4) is 17.2 Å². The second-order valence-corrected chi connectivity index (χ2v) is 8.05. The van der Waals surface area contributed by atoms with E-state index in [4.69, 9.17) is 18.9 Å². The molecule has 0 fully saturated rings. The molecule has 1 aromatic heterocycles. The molecule has 0 saturated carbocycles. The van der Waals surface area contributed by atoms with Gasteiger partial charge in [-0.2, -0.15) is 0 Å². The van der Waals surface area contributed by atoms with Crippen LogP contribution >= 0.6 is 11.8 Å². The number of nitrogens with zero attached hydrogens (tertiary/aromatic N) is 1. The lowest BCUT2D eigenvalue weighted by Gasteiger charge is -2.11. The van der Waals surface area contributed by atoms with E-state index in [0.717, 1.165) is 11.8 Å². The maximum Gasteiger partial charge on any atom is 0.341 e. The number of pyridine rings is 1. The predicted molar refractivity (Wildman–Crippen MR) is 128 cm³/mol. The van der Waals surface area contributed by atoms with Crippen LogP contribution in [0.5, 0.6) is 17.2 Å². The number of para-hydroxylation sites is 2. The van der Waals surface area contributed by atoms with Gasteiger partial charge in [0.2, 0.25) is 12.7 Å². The highest BCUT2D eigenvalue weighted by Gasteiger charge is 2.18. The summed E-state index contributed by atoms with van der Waals surface area (Å²) in [5.74, 6) is 0.105. The van der Waals surface area contributed by atoms with E-state index in [1.165, 1.54) is 19.4 Å². The highest BCUT2D eigenvalue weighted by molar-refractivity contribution is 8.00. The number of anilines is 2. The Bertz CT molecular complexity index is 1250. The number of hydrogen-bond acceptors (Lipinski definition) is 9. The summed E-state index contributed by atoms with van der Waals surface area (Å²) in [4.78, 5) is 41.4. The Labute approximate surface area is 204 Å². The minimum absolute atomic E-state index is 0.0000229. The van der Waals surface area contributed by atoms with Gasteiger partial charge in [-0.25, -0.2) is 9.78 Å². The predicted octanol–water partition coefficient (Wildman–Crippen LogP) is 3.35. The Kier molecular flexibility index (Phi) is 7.68. The fourth-order valence-corrected chi connectivity index (χ4v) is 3.89. The molecule has 1 aliphatic heterocycles. The Hall–Kier alpha value is -4.25. The minimum Gasteiger partial charge on any atom is -0.495 e. The molecule has 2 amide bonds. The molecular formula is C24H21N3O7S. The van der Waals surface area contributed by atoms with Crippen LogP contribution in [0.4, 0.5) is 11.4 Å². The first kappa shape index (κ1) is 23.9. The van der Waals surface area contributed by atoms with Gasteiger partial charge in [-0.05, 0) is 36.4 Å². The maximum absolute atomic E-state index is 12.6. The molecule has 1 aliphatic rings. The number of hydrogen-bond donors (Lipinski definition) is 2. The largest absolute Gasteiger partial charge is 0.495 e.